The molecule has 0 fully saturated rings. The second kappa shape index (κ2) is 70.5. The monoisotopic (exact) mass is 1400 g/mol. The maximum absolute atomic E-state index is 13.1. The molecule has 96 heavy (non-hydrogen) atoms. The third kappa shape index (κ3) is 69.5. The van der Waals surface area contributed by atoms with Gasteiger partial charge in [0.25, 0.3) is 0 Å². The van der Waals surface area contributed by atoms with Crippen LogP contribution in [0.15, 0.2) is 48.6 Å². The van der Waals surface area contributed by atoms with Crippen molar-refractivity contribution in [3.63, 3.8) is 0 Å². The molecule has 5 atom stereocenters. The highest BCUT2D eigenvalue weighted by molar-refractivity contribution is 7.47. The van der Waals surface area contributed by atoms with Crippen LogP contribution in [0, 0.1) is 0 Å². The summed E-state index contributed by atoms with van der Waals surface area (Å²) in [5.74, 6) is -2.15. The summed E-state index contributed by atoms with van der Waals surface area (Å²) in [6.07, 6.45) is 66.7. The van der Waals surface area contributed by atoms with E-state index in [-0.39, 0.29) is 25.7 Å². The van der Waals surface area contributed by atoms with Gasteiger partial charge in [-0.25, -0.2) is 9.13 Å². The first-order valence-electron chi connectivity index (χ1n) is 38.9. The van der Waals surface area contributed by atoms with E-state index in [2.05, 4.69) is 76.3 Å². The van der Waals surface area contributed by atoms with E-state index in [1.165, 1.54) is 148 Å². The van der Waals surface area contributed by atoms with Gasteiger partial charge in [-0.15, -0.1) is 0 Å². The van der Waals surface area contributed by atoms with Crippen LogP contribution in [0.25, 0.3) is 0 Å². The first-order valence-corrected chi connectivity index (χ1v) is 41.9. The molecule has 0 aliphatic rings. The van der Waals surface area contributed by atoms with Crippen LogP contribution in [0.2, 0.25) is 0 Å². The first kappa shape index (κ1) is 93.0. The number of aliphatic hydroxyl groups excluding tert-OH is 1. The Bertz CT molecular complexity index is 2010. The summed E-state index contributed by atoms with van der Waals surface area (Å²) in [6.45, 7) is 4.80. The Morgan fingerprint density at radius 1 is 0.302 bits per heavy atom. The molecule has 0 spiro atoms. The Kier molecular flexibility index (Phi) is 68.3. The predicted molar refractivity (Wildman–Crippen MR) is 390 cm³/mol. The van der Waals surface area contributed by atoms with Crippen molar-refractivity contribution in [3.05, 3.63) is 48.6 Å². The van der Waals surface area contributed by atoms with Crippen molar-refractivity contribution in [2.75, 3.05) is 39.6 Å². The number of aliphatic hydroxyl groups is 1. The van der Waals surface area contributed by atoms with Crippen LogP contribution in [0.3, 0.4) is 0 Å². The molecule has 0 aliphatic heterocycles. The largest absolute Gasteiger partial charge is 0.472 e. The van der Waals surface area contributed by atoms with Crippen LogP contribution in [-0.4, -0.2) is 96.7 Å². The number of phosphoric acid groups is 2. The highest BCUT2D eigenvalue weighted by atomic mass is 31.2. The molecule has 3 N–H and O–H groups in total. The Hall–Kier alpha value is -2.98. The number of esters is 4. The lowest BCUT2D eigenvalue weighted by molar-refractivity contribution is -0.161. The standard InChI is InChI=1S/C77H142O17P2/c1-5-9-13-17-21-25-29-31-33-34-35-36-38-40-44-46-50-54-58-62-75(80)88-68-73(94-77(82)64-60-56-52-48-42-28-24-20-16-12-8-4)70-92-96(85,86)90-66-71(78)65-89-95(83,84)91-69-72(93-76(81)63-59-55-51-47-41-27-23-19-15-11-7-3)67-87-74(79)61-57-53-49-45-43-39-37-32-30-26-22-18-14-10-6-2/h9,13,21,25,31,33,35-36,71-73,78H,5-8,10-12,14-20,22-24,26-30,32,34,37-70H2,1-4H3,(H,83,84)(H,85,86)/b13-9-,25-21-,33-31-,36-35-. The number of hydrogen-bond donors (Lipinski definition) is 3. The van der Waals surface area contributed by atoms with Gasteiger partial charge in [-0.3, -0.25) is 37.3 Å². The van der Waals surface area contributed by atoms with Gasteiger partial charge >= 0.3 is 39.5 Å². The van der Waals surface area contributed by atoms with Gasteiger partial charge in [-0.05, 0) is 64.2 Å². The van der Waals surface area contributed by atoms with Gasteiger partial charge in [0, 0.05) is 25.7 Å². The quantitative estimate of drug-likeness (QED) is 0.0169. The van der Waals surface area contributed by atoms with E-state index in [1.54, 1.807) is 0 Å². The van der Waals surface area contributed by atoms with Crippen LogP contribution in [0.1, 0.15) is 362 Å². The lowest BCUT2D eigenvalue weighted by Gasteiger charge is -2.21. The number of unbranched alkanes of at least 4 members (excludes halogenated alkanes) is 40. The summed E-state index contributed by atoms with van der Waals surface area (Å²) >= 11 is 0. The fourth-order valence-corrected chi connectivity index (χ4v) is 12.5. The summed E-state index contributed by atoms with van der Waals surface area (Å²) < 4.78 is 68.4. The number of rotatable bonds is 74. The zero-order valence-corrected chi connectivity index (χ0v) is 63.1. The molecular weight excluding hydrogens is 1260 g/mol. The molecule has 0 heterocycles. The SMILES string of the molecule is CC/C=C\C/C=C\C/C=C\C/C=C\CCCCCCCCC(=O)OCC(COP(=O)(O)OCC(O)COP(=O)(O)OCC(COC(=O)CCCCCCCCCCCCCCCCC)OC(=O)CCCCCCCCCCCCC)OC(=O)CCCCCCCCCCCCC. The molecular formula is C77H142O17P2. The molecule has 0 aromatic carbocycles. The maximum atomic E-state index is 13.1. The molecule has 0 aromatic rings. The average molecular weight is 1400 g/mol. The number of carbonyl (C=O) groups is 4. The Balaban J connectivity index is 5.24. The van der Waals surface area contributed by atoms with E-state index >= 15 is 0 Å². The molecule has 17 nitrogen and oxygen atoms in total. The number of hydrogen-bond acceptors (Lipinski definition) is 15. The van der Waals surface area contributed by atoms with E-state index in [4.69, 9.17) is 37.0 Å². The molecule has 5 unspecified atom stereocenters. The Morgan fingerprint density at radius 3 is 0.833 bits per heavy atom. The van der Waals surface area contributed by atoms with Crippen molar-refractivity contribution in [1.29, 1.82) is 0 Å². The molecule has 0 bridgehead atoms. The molecule has 0 saturated heterocycles. The number of ether oxygens (including phenoxy) is 4. The van der Waals surface area contributed by atoms with Crippen LogP contribution in [-0.2, 0) is 65.4 Å². The summed E-state index contributed by atoms with van der Waals surface area (Å²) in [6, 6.07) is 0. The van der Waals surface area contributed by atoms with E-state index in [1.807, 2.05) is 0 Å². The fraction of sp³-hybridized carbons (Fsp3) is 0.844. The third-order valence-corrected chi connectivity index (χ3v) is 18.7. The topological polar surface area (TPSA) is 237 Å². The molecule has 19 heteroatoms. The van der Waals surface area contributed by atoms with Gasteiger partial charge in [-0.1, -0.05) is 320 Å². The predicted octanol–water partition coefficient (Wildman–Crippen LogP) is 22.1. The van der Waals surface area contributed by atoms with Crippen molar-refractivity contribution in [1.82, 2.24) is 0 Å². The number of carbonyl (C=O) groups excluding carboxylic acids is 4. The lowest BCUT2D eigenvalue weighted by atomic mass is 10.0. The molecule has 0 radical (unpaired) electrons. The summed E-state index contributed by atoms with van der Waals surface area (Å²) in [7, 11) is -9.92. The maximum Gasteiger partial charge on any atom is 0.472 e. The fourth-order valence-electron chi connectivity index (χ4n) is 10.9. The van der Waals surface area contributed by atoms with Crippen molar-refractivity contribution in [2.45, 2.75) is 380 Å². The zero-order chi connectivity index (χ0) is 70.4. The average Bonchev–Trinajstić information content (AvgIpc) is 1.15. The highest BCUT2D eigenvalue weighted by Gasteiger charge is 2.30. The second-order valence-electron chi connectivity index (χ2n) is 26.3. The number of allylic oxidation sites excluding steroid dienone is 8. The lowest BCUT2D eigenvalue weighted by Crippen LogP contribution is -2.30. The Morgan fingerprint density at radius 2 is 0.542 bits per heavy atom. The van der Waals surface area contributed by atoms with Crippen molar-refractivity contribution in [2.24, 2.45) is 0 Å². The van der Waals surface area contributed by atoms with E-state index in [0.29, 0.717) is 25.7 Å². The molecule has 562 valence electrons. The van der Waals surface area contributed by atoms with Gasteiger partial charge in [0.2, 0.25) is 0 Å². The van der Waals surface area contributed by atoms with Gasteiger partial charge in [-0.2, -0.15) is 0 Å². The van der Waals surface area contributed by atoms with E-state index in [9.17, 15) is 43.2 Å². The van der Waals surface area contributed by atoms with E-state index < -0.39 is 97.5 Å². The minimum absolute atomic E-state index is 0.0984. The molecule has 0 rings (SSSR count). The summed E-state index contributed by atoms with van der Waals surface area (Å²) in [5.41, 5.74) is 0. The van der Waals surface area contributed by atoms with Crippen LogP contribution >= 0.6 is 15.6 Å². The van der Waals surface area contributed by atoms with Crippen LogP contribution in [0.4, 0.5) is 0 Å². The Labute approximate surface area is 585 Å². The molecule has 0 aliphatic carbocycles. The summed E-state index contributed by atoms with van der Waals surface area (Å²) in [5, 5.41) is 10.6. The van der Waals surface area contributed by atoms with Crippen LogP contribution < -0.4 is 0 Å². The highest BCUT2D eigenvalue weighted by Crippen LogP contribution is 2.45. The van der Waals surface area contributed by atoms with Gasteiger partial charge in [0.05, 0.1) is 26.4 Å². The molecule has 0 amide bonds. The summed E-state index contributed by atoms with van der Waals surface area (Å²) in [4.78, 5) is 72.8. The second-order valence-corrected chi connectivity index (χ2v) is 29.2. The zero-order valence-electron chi connectivity index (χ0n) is 61.3. The van der Waals surface area contributed by atoms with Gasteiger partial charge in [0.15, 0.2) is 12.2 Å². The van der Waals surface area contributed by atoms with E-state index in [0.717, 1.165) is 135 Å². The third-order valence-electron chi connectivity index (χ3n) is 16.8. The van der Waals surface area contributed by atoms with Gasteiger partial charge in [0.1, 0.15) is 19.3 Å². The van der Waals surface area contributed by atoms with Gasteiger partial charge < -0.3 is 33.8 Å². The van der Waals surface area contributed by atoms with Crippen molar-refractivity contribution < 1.29 is 80.2 Å². The normalized spacial score (nSPS) is 14.2. The van der Waals surface area contributed by atoms with Crippen molar-refractivity contribution >= 4 is 39.5 Å². The van der Waals surface area contributed by atoms with Crippen LogP contribution in [0.5, 0.6) is 0 Å². The minimum Gasteiger partial charge on any atom is -0.462 e. The van der Waals surface area contributed by atoms with Crippen molar-refractivity contribution in [3.8, 4) is 0 Å². The molecule has 0 saturated carbocycles. The number of phosphoric ester groups is 2. The first-order chi connectivity index (χ1) is 46.7. The smallest absolute Gasteiger partial charge is 0.462 e. The molecule has 0 aromatic heterocycles. The minimum atomic E-state index is -4.96.